The molecule has 1 atom stereocenters. The minimum absolute atomic E-state index is 0.171. The number of carbonyl (C=O) groups excluding carboxylic acids is 1. The maximum atomic E-state index is 13.1. The van der Waals surface area contributed by atoms with E-state index in [2.05, 4.69) is 10.2 Å². The fourth-order valence-electron chi connectivity index (χ4n) is 3.24. The van der Waals surface area contributed by atoms with Crippen LogP contribution in [0, 0.1) is 0 Å². The van der Waals surface area contributed by atoms with Crippen LogP contribution in [-0.4, -0.2) is 64.9 Å². The van der Waals surface area contributed by atoms with Gasteiger partial charge in [0.15, 0.2) is 11.0 Å². The first kappa shape index (κ1) is 22.5. The number of nitrogens with two attached hydrogens (primary N) is 1. The molecule has 10 nitrogen and oxygen atoms in total. The standard InChI is InChI=1S/C20H23N5O5S2/c1-14(18(21)26)31-20-23-22-19(25(20)13-16-5-3-9-30-16)15-4-2-6-17(12-15)32(27,28)24-7-10-29-11-8-24/h2-6,9,12,14H,7-8,10-11,13H2,1H3,(H2,21,26)/t14-/m1/s1. The van der Waals surface area contributed by atoms with Gasteiger partial charge in [0.05, 0.1) is 36.2 Å². The first-order valence-electron chi connectivity index (χ1n) is 9.96. The predicted molar refractivity (Wildman–Crippen MR) is 117 cm³/mol. The van der Waals surface area contributed by atoms with E-state index >= 15 is 0 Å². The molecule has 0 unspecified atom stereocenters. The third-order valence-corrected chi connectivity index (χ3v) is 7.99. The maximum Gasteiger partial charge on any atom is 0.243 e. The topological polar surface area (TPSA) is 134 Å². The summed E-state index contributed by atoms with van der Waals surface area (Å²) < 4.78 is 40.1. The largest absolute Gasteiger partial charge is 0.467 e. The van der Waals surface area contributed by atoms with E-state index < -0.39 is 21.2 Å². The van der Waals surface area contributed by atoms with E-state index in [1.165, 1.54) is 16.1 Å². The molecular weight excluding hydrogens is 454 g/mol. The average molecular weight is 478 g/mol. The summed E-state index contributed by atoms with van der Waals surface area (Å²) in [7, 11) is -3.67. The Morgan fingerprint density at radius 3 is 2.69 bits per heavy atom. The summed E-state index contributed by atoms with van der Waals surface area (Å²) in [5.74, 6) is 0.652. The van der Waals surface area contributed by atoms with Crippen molar-refractivity contribution >= 4 is 27.7 Å². The molecule has 1 aromatic carbocycles. The van der Waals surface area contributed by atoms with E-state index in [1.54, 1.807) is 48.1 Å². The van der Waals surface area contributed by atoms with Crippen LogP contribution in [0.15, 0.2) is 57.1 Å². The molecule has 3 heterocycles. The molecule has 1 aliphatic rings. The summed E-state index contributed by atoms with van der Waals surface area (Å²) in [5.41, 5.74) is 5.99. The molecule has 0 radical (unpaired) electrons. The molecule has 1 fully saturated rings. The summed E-state index contributed by atoms with van der Waals surface area (Å²) >= 11 is 1.18. The van der Waals surface area contributed by atoms with E-state index in [-0.39, 0.29) is 4.90 Å². The van der Waals surface area contributed by atoms with Crippen molar-refractivity contribution in [3.8, 4) is 11.4 Å². The zero-order valence-electron chi connectivity index (χ0n) is 17.4. The van der Waals surface area contributed by atoms with Gasteiger partial charge >= 0.3 is 0 Å². The lowest BCUT2D eigenvalue weighted by Gasteiger charge is -2.26. The van der Waals surface area contributed by atoms with Crippen LogP contribution in [0.1, 0.15) is 12.7 Å². The van der Waals surface area contributed by atoms with Gasteiger partial charge in [-0.1, -0.05) is 23.9 Å². The normalized spacial score (nSPS) is 16.2. The Bertz CT molecular complexity index is 1190. The number of sulfonamides is 1. The van der Waals surface area contributed by atoms with Gasteiger partial charge in [-0.25, -0.2) is 8.42 Å². The third-order valence-electron chi connectivity index (χ3n) is 4.99. The highest BCUT2D eigenvalue weighted by atomic mass is 32.2. The molecule has 3 aromatic rings. The SMILES string of the molecule is C[C@@H](Sc1nnc(-c2cccc(S(=O)(=O)N3CCOCC3)c2)n1Cc1ccco1)C(N)=O. The molecular formula is C20H23N5O5S2. The highest BCUT2D eigenvalue weighted by Crippen LogP contribution is 2.29. The molecule has 0 spiro atoms. The number of amides is 1. The van der Waals surface area contributed by atoms with Crippen molar-refractivity contribution in [1.29, 1.82) is 0 Å². The number of hydrogen-bond donors (Lipinski definition) is 1. The van der Waals surface area contributed by atoms with Gasteiger partial charge in [-0.05, 0) is 31.2 Å². The van der Waals surface area contributed by atoms with E-state index in [0.717, 1.165) is 0 Å². The Labute approximate surface area is 189 Å². The smallest absolute Gasteiger partial charge is 0.243 e. The number of ether oxygens (including phenoxy) is 1. The average Bonchev–Trinajstić information content (AvgIpc) is 3.45. The third kappa shape index (κ3) is 4.72. The number of rotatable bonds is 8. The minimum Gasteiger partial charge on any atom is -0.467 e. The molecule has 1 aliphatic heterocycles. The summed E-state index contributed by atoms with van der Waals surface area (Å²) in [5, 5.41) is 8.47. The van der Waals surface area contributed by atoms with E-state index in [9.17, 15) is 13.2 Å². The van der Waals surface area contributed by atoms with Crippen molar-refractivity contribution in [3.05, 3.63) is 48.4 Å². The number of nitrogens with zero attached hydrogens (tertiary/aromatic N) is 4. The van der Waals surface area contributed by atoms with Gasteiger partial charge in [-0.15, -0.1) is 10.2 Å². The number of benzene rings is 1. The molecule has 0 aliphatic carbocycles. The van der Waals surface area contributed by atoms with E-state index in [4.69, 9.17) is 14.9 Å². The Kier molecular flexibility index (Phi) is 6.65. The fraction of sp³-hybridized carbons (Fsp3) is 0.350. The van der Waals surface area contributed by atoms with Crippen LogP contribution in [0.3, 0.4) is 0 Å². The van der Waals surface area contributed by atoms with Crippen molar-refractivity contribution in [2.75, 3.05) is 26.3 Å². The van der Waals surface area contributed by atoms with Crippen molar-refractivity contribution in [2.45, 2.75) is 28.8 Å². The molecule has 1 saturated heterocycles. The quantitative estimate of drug-likeness (QED) is 0.483. The summed E-state index contributed by atoms with van der Waals surface area (Å²) in [6.07, 6.45) is 1.56. The molecule has 0 saturated carbocycles. The fourth-order valence-corrected chi connectivity index (χ4v) is 5.49. The summed E-state index contributed by atoms with van der Waals surface area (Å²) in [6, 6.07) is 10.2. The van der Waals surface area contributed by atoms with E-state index in [1.807, 2.05) is 6.07 Å². The van der Waals surface area contributed by atoms with Gasteiger partial charge < -0.3 is 14.9 Å². The number of primary amides is 1. The van der Waals surface area contributed by atoms with Gasteiger partial charge in [-0.3, -0.25) is 9.36 Å². The van der Waals surface area contributed by atoms with E-state index in [0.29, 0.717) is 55.2 Å². The molecule has 32 heavy (non-hydrogen) atoms. The van der Waals surface area contributed by atoms with Gasteiger partial charge in [0.1, 0.15) is 5.76 Å². The second kappa shape index (κ2) is 9.45. The first-order valence-corrected chi connectivity index (χ1v) is 12.3. The second-order valence-electron chi connectivity index (χ2n) is 7.18. The summed E-state index contributed by atoms with van der Waals surface area (Å²) in [6.45, 7) is 3.36. The molecule has 170 valence electrons. The van der Waals surface area contributed by atoms with Crippen molar-refractivity contribution < 1.29 is 22.4 Å². The van der Waals surface area contributed by atoms with Crippen LogP contribution >= 0.6 is 11.8 Å². The Morgan fingerprint density at radius 1 is 1.22 bits per heavy atom. The van der Waals surface area contributed by atoms with Gasteiger partial charge in [-0.2, -0.15) is 4.31 Å². The minimum atomic E-state index is -3.67. The Hall–Kier alpha value is -2.67. The van der Waals surface area contributed by atoms with Crippen LogP contribution in [0.2, 0.25) is 0 Å². The molecule has 4 rings (SSSR count). The lowest BCUT2D eigenvalue weighted by Crippen LogP contribution is -2.40. The molecule has 1 amide bonds. The maximum absolute atomic E-state index is 13.1. The first-order chi connectivity index (χ1) is 15.4. The molecule has 0 bridgehead atoms. The number of hydrogen-bond acceptors (Lipinski definition) is 8. The molecule has 2 aromatic heterocycles. The monoisotopic (exact) mass is 477 g/mol. The predicted octanol–water partition coefficient (Wildman–Crippen LogP) is 1.57. The lowest BCUT2D eigenvalue weighted by atomic mass is 10.2. The highest BCUT2D eigenvalue weighted by Gasteiger charge is 2.27. The lowest BCUT2D eigenvalue weighted by molar-refractivity contribution is -0.117. The van der Waals surface area contributed by atoms with Gasteiger partial charge in [0.25, 0.3) is 0 Å². The van der Waals surface area contributed by atoms with Crippen LogP contribution in [0.5, 0.6) is 0 Å². The van der Waals surface area contributed by atoms with Crippen LogP contribution in [-0.2, 0) is 26.1 Å². The Morgan fingerprint density at radius 2 is 2.00 bits per heavy atom. The zero-order valence-corrected chi connectivity index (χ0v) is 19.0. The second-order valence-corrected chi connectivity index (χ2v) is 10.4. The van der Waals surface area contributed by atoms with Crippen LogP contribution < -0.4 is 5.73 Å². The van der Waals surface area contributed by atoms with Crippen LogP contribution in [0.4, 0.5) is 0 Å². The van der Waals surface area contributed by atoms with Crippen molar-refractivity contribution in [1.82, 2.24) is 19.1 Å². The summed E-state index contributed by atoms with van der Waals surface area (Å²) in [4.78, 5) is 11.7. The van der Waals surface area contributed by atoms with Gasteiger partial charge in [0.2, 0.25) is 15.9 Å². The molecule has 12 heteroatoms. The molecule has 2 N–H and O–H groups in total. The van der Waals surface area contributed by atoms with Crippen LogP contribution in [0.25, 0.3) is 11.4 Å². The number of morpholine rings is 1. The Balaban J connectivity index is 1.72. The van der Waals surface area contributed by atoms with Crippen molar-refractivity contribution in [3.63, 3.8) is 0 Å². The zero-order chi connectivity index (χ0) is 22.7. The van der Waals surface area contributed by atoms with Gasteiger partial charge in [0, 0.05) is 18.7 Å². The number of aromatic nitrogens is 3. The number of carbonyl (C=O) groups is 1. The highest BCUT2D eigenvalue weighted by molar-refractivity contribution is 8.00. The number of thioether (sulfide) groups is 1. The number of furan rings is 1. The van der Waals surface area contributed by atoms with Crippen molar-refractivity contribution in [2.24, 2.45) is 5.73 Å².